The number of nitrogens with one attached hydrogen (secondary N) is 1. The molecule has 0 spiro atoms. The molecule has 1 aromatic rings. The molecule has 26 heavy (non-hydrogen) atoms. The lowest BCUT2D eigenvalue weighted by Crippen LogP contribution is -2.55. The van der Waals surface area contributed by atoms with Crippen LogP contribution in [0.3, 0.4) is 0 Å². The molecule has 2 atom stereocenters. The number of rotatable bonds is 6. The van der Waals surface area contributed by atoms with E-state index in [2.05, 4.69) is 15.1 Å². The summed E-state index contributed by atoms with van der Waals surface area (Å²) >= 11 is 0. The van der Waals surface area contributed by atoms with E-state index in [4.69, 9.17) is 4.74 Å². The molecule has 1 amide bonds. The monoisotopic (exact) mass is 359 g/mol. The summed E-state index contributed by atoms with van der Waals surface area (Å²) in [4.78, 5) is 17.7. The molecular weight excluding hydrogens is 326 g/mol. The van der Waals surface area contributed by atoms with Gasteiger partial charge in [0, 0.05) is 37.8 Å². The number of hydrogen-bond acceptors (Lipinski definition) is 4. The first-order valence-electron chi connectivity index (χ1n) is 10.0. The Hall–Kier alpha value is -1.59. The summed E-state index contributed by atoms with van der Waals surface area (Å²) in [6, 6.07) is 8.49. The fraction of sp³-hybridized carbons (Fsp3) is 0.667. The molecule has 5 heteroatoms. The molecule has 0 bridgehead atoms. The van der Waals surface area contributed by atoms with Gasteiger partial charge in [0.15, 0.2) is 0 Å². The highest BCUT2D eigenvalue weighted by molar-refractivity contribution is 5.81. The van der Waals surface area contributed by atoms with Crippen LogP contribution in [0, 0.1) is 0 Å². The topological polar surface area (TPSA) is 44.8 Å². The van der Waals surface area contributed by atoms with Crippen LogP contribution in [0.5, 0.6) is 5.75 Å². The van der Waals surface area contributed by atoms with Crippen LogP contribution in [0.4, 0.5) is 0 Å². The fourth-order valence-electron chi connectivity index (χ4n) is 4.36. The number of para-hydroxylation sites is 1. The van der Waals surface area contributed by atoms with E-state index in [9.17, 15) is 4.79 Å². The van der Waals surface area contributed by atoms with Crippen molar-refractivity contribution in [1.29, 1.82) is 0 Å². The second kappa shape index (κ2) is 8.87. The Labute approximate surface area is 157 Å². The van der Waals surface area contributed by atoms with Crippen LogP contribution in [0.2, 0.25) is 0 Å². The Morgan fingerprint density at radius 2 is 1.77 bits per heavy atom. The molecule has 1 heterocycles. The van der Waals surface area contributed by atoms with Crippen LogP contribution < -0.4 is 10.1 Å². The average molecular weight is 360 g/mol. The van der Waals surface area contributed by atoms with Gasteiger partial charge in [-0.2, -0.15) is 0 Å². The molecule has 1 aromatic carbocycles. The number of carbonyl (C=O) groups is 1. The van der Waals surface area contributed by atoms with Gasteiger partial charge in [-0.15, -0.1) is 0 Å². The summed E-state index contributed by atoms with van der Waals surface area (Å²) < 4.78 is 5.42. The van der Waals surface area contributed by atoms with E-state index >= 15 is 0 Å². The highest BCUT2D eigenvalue weighted by Gasteiger charge is 2.30. The van der Waals surface area contributed by atoms with E-state index in [-0.39, 0.29) is 18.0 Å². The largest absolute Gasteiger partial charge is 0.496 e. The van der Waals surface area contributed by atoms with Crippen molar-refractivity contribution in [2.24, 2.45) is 0 Å². The molecule has 0 aromatic heterocycles. The summed E-state index contributed by atoms with van der Waals surface area (Å²) in [5, 5.41) is 3.16. The van der Waals surface area contributed by atoms with Crippen molar-refractivity contribution in [1.82, 2.24) is 15.1 Å². The number of ether oxygens (including phenoxy) is 1. The summed E-state index contributed by atoms with van der Waals surface area (Å²) in [6.45, 7) is 8.17. The normalized spacial score (nSPS) is 22.1. The van der Waals surface area contributed by atoms with Crippen molar-refractivity contribution >= 4 is 5.91 Å². The molecule has 1 N–H and O–H groups in total. The van der Waals surface area contributed by atoms with Gasteiger partial charge in [0.05, 0.1) is 19.2 Å². The van der Waals surface area contributed by atoms with Crippen molar-refractivity contribution < 1.29 is 9.53 Å². The highest BCUT2D eigenvalue weighted by Crippen LogP contribution is 2.26. The van der Waals surface area contributed by atoms with E-state index in [0.717, 1.165) is 43.5 Å². The Bertz CT molecular complexity index is 593. The van der Waals surface area contributed by atoms with E-state index in [1.54, 1.807) is 7.11 Å². The molecule has 0 radical (unpaired) electrons. The SMILES string of the molecule is COc1ccccc1C(C)NC(=O)C(C)N1CCN(C2CCCC2)CC1. The van der Waals surface area contributed by atoms with E-state index in [1.807, 2.05) is 38.1 Å². The molecular formula is C21H33N3O2. The molecule has 1 aliphatic carbocycles. The molecule has 1 saturated heterocycles. The number of carbonyl (C=O) groups excluding carboxylic acids is 1. The lowest BCUT2D eigenvalue weighted by molar-refractivity contribution is -0.127. The lowest BCUT2D eigenvalue weighted by atomic mass is 10.1. The number of methoxy groups -OCH3 is 1. The molecule has 5 nitrogen and oxygen atoms in total. The third-order valence-corrected chi connectivity index (χ3v) is 6.08. The van der Waals surface area contributed by atoms with Gasteiger partial charge in [-0.1, -0.05) is 31.0 Å². The number of benzene rings is 1. The maximum absolute atomic E-state index is 12.8. The zero-order valence-corrected chi connectivity index (χ0v) is 16.4. The van der Waals surface area contributed by atoms with Crippen LogP contribution in [0.1, 0.15) is 51.1 Å². The lowest BCUT2D eigenvalue weighted by Gasteiger charge is -2.40. The number of hydrogen-bond donors (Lipinski definition) is 1. The molecule has 144 valence electrons. The van der Waals surface area contributed by atoms with Gasteiger partial charge in [-0.3, -0.25) is 14.6 Å². The summed E-state index contributed by atoms with van der Waals surface area (Å²) in [6.07, 6.45) is 5.47. The van der Waals surface area contributed by atoms with Crippen molar-refractivity contribution in [3.05, 3.63) is 29.8 Å². The van der Waals surface area contributed by atoms with Crippen LogP contribution in [-0.4, -0.2) is 61.1 Å². The number of amides is 1. The van der Waals surface area contributed by atoms with Gasteiger partial charge < -0.3 is 10.1 Å². The highest BCUT2D eigenvalue weighted by atomic mass is 16.5. The maximum Gasteiger partial charge on any atom is 0.237 e. The van der Waals surface area contributed by atoms with Gasteiger partial charge in [0.25, 0.3) is 0 Å². The zero-order valence-electron chi connectivity index (χ0n) is 16.4. The van der Waals surface area contributed by atoms with Crippen LogP contribution >= 0.6 is 0 Å². The molecule has 2 fully saturated rings. The molecule has 3 rings (SSSR count). The van der Waals surface area contributed by atoms with E-state index in [1.165, 1.54) is 25.7 Å². The van der Waals surface area contributed by atoms with Crippen molar-refractivity contribution in [3.8, 4) is 5.75 Å². The first-order valence-corrected chi connectivity index (χ1v) is 10.0. The minimum atomic E-state index is -0.0992. The van der Waals surface area contributed by atoms with Crippen molar-refractivity contribution in [2.45, 2.75) is 57.7 Å². The third-order valence-electron chi connectivity index (χ3n) is 6.08. The maximum atomic E-state index is 12.8. The predicted molar refractivity (Wildman–Crippen MR) is 104 cm³/mol. The third kappa shape index (κ3) is 4.38. The van der Waals surface area contributed by atoms with Gasteiger partial charge in [-0.25, -0.2) is 0 Å². The van der Waals surface area contributed by atoms with E-state index < -0.39 is 0 Å². The fourth-order valence-corrected chi connectivity index (χ4v) is 4.36. The molecule has 2 unspecified atom stereocenters. The average Bonchev–Trinajstić information content (AvgIpc) is 3.22. The minimum absolute atomic E-state index is 0.0686. The smallest absolute Gasteiger partial charge is 0.237 e. The minimum Gasteiger partial charge on any atom is -0.496 e. The number of nitrogens with zero attached hydrogens (tertiary/aromatic N) is 2. The number of piperazine rings is 1. The second-order valence-electron chi connectivity index (χ2n) is 7.66. The predicted octanol–water partition coefficient (Wildman–Crippen LogP) is 2.82. The van der Waals surface area contributed by atoms with Gasteiger partial charge >= 0.3 is 0 Å². The Morgan fingerprint density at radius 1 is 1.12 bits per heavy atom. The Kier molecular flexibility index (Phi) is 6.54. The van der Waals surface area contributed by atoms with E-state index in [0.29, 0.717) is 0 Å². The standard InChI is InChI=1S/C21H33N3O2/c1-16(19-10-6-7-11-20(19)26-3)22-21(25)17(2)23-12-14-24(15-13-23)18-8-4-5-9-18/h6-7,10-11,16-18H,4-5,8-9,12-15H2,1-3H3,(H,22,25). The quantitative estimate of drug-likeness (QED) is 0.848. The van der Waals surface area contributed by atoms with Gasteiger partial charge in [0.2, 0.25) is 5.91 Å². The molecule has 2 aliphatic rings. The Balaban J connectivity index is 1.51. The molecule has 1 aliphatic heterocycles. The molecule has 1 saturated carbocycles. The first-order chi connectivity index (χ1) is 12.6. The second-order valence-corrected chi connectivity index (χ2v) is 7.66. The first kappa shape index (κ1) is 19.2. The zero-order chi connectivity index (χ0) is 18.5. The van der Waals surface area contributed by atoms with Crippen molar-refractivity contribution in [2.75, 3.05) is 33.3 Å². The van der Waals surface area contributed by atoms with Gasteiger partial charge in [-0.05, 0) is 32.8 Å². The van der Waals surface area contributed by atoms with Gasteiger partial charge in [0.1, 0.15) is 5.75 Å². The van der Waals surface area contributed by atoms with Crippen LogP contribution in [0.25, 0.3) is 0 Å². The van der Waals surface area contributed by atoms with Crippen molar-refractivity contribution in [3.63, 3.8) is 0 Å². The Morgan fingerprint density at radius 3 is 2.42 bits per heavy atom. The summed E-state index contributed by atoms with van der Waals surface area (Å²) in [5.41, 5.74) is 1.02. The summed E-state index contributed by atoms with van der Waals surface area (Å²) in [7, 11) is 1.67. The summed E-state index contributed by atoms with van der Waals surface area (Å²) in [5.74, 6) is 0.913. The van der Waals surface area contributed by atoms with Crippen LogP contribution in [-0.2, 0) is 4.79 Å². The van der Waals surface area contributed by atoms with Crippen LogP contribution in [0.15, 0.2) is 24.3 Å².